The number of thiophene rings is 1. The van der Waals surface area contributed by atoms with Crippen molar-refractivity contribution in [1.29, 1.82) is 0 Å². The van der Waals surface area contributed by atoms with Crippen LogP contribution in [-0.4, -0.2) is 43.4 Å². The molecule has 1 unspecified atom stereocenters. The van der Waals surface area contributed by atoms with Gasteiger partial charge >= 0.3 is 0 Å². The third kappa shape index (κ3) is 2.94. The molecule has 0 radical (unpaired) electrons. The summed E-state index contributed by atoms with van der Waals surface area (Å²) in [5, 5.41) is 4.62. The summed E-state index contributed by atoms with van der Waals surface area (Å²) in [6.45, 7) is 2.33. The molecular weight excluding hydrogens is 366 g/mol. The Hall–Kier alpha value is -2.58. The highest BCUT2D eigenvalue weighted by atomic mass is 32.1. The van der Waals surface area contributed by atoms with Gasteiger partial charge in [-0.05, 0) is 25.0 Å². The lowest BCUT2D eigenvalue weighted by atomic mass is 10.1. The van der Waals surface area contributed by atoms with Gasteiger partial charge in [-0.1, -0.05) is 0 Å². The van der Waals surface area contributed by atoms with Crippen molar-refractivity contribution >= 4 is 44.1 Å². The fourth-order valence-corrected chi connectivity index (χ4v) is 4.50. The number of ether oxygens (including phenoxy) is 3. The number of amides is 1. The topological polar surface area (TPSA) is 95.7 Å². The molecule has 1 aromatic carbocycles. The van der Waals surface area contributed by atoms with Crippen molar-refractivity contribution in [1.82, 2.24) is 10.3 Å². The molecule has 1 amide bonds. The Kier molecular flexibility index (Phi) is 4.02. The molecule has 1 fully saturated rings. The molecule has 140 valence electrons. The molecule has 4 heterocycles. The van der Waals surface area contributed by atoms with Crippen LogP contribution in [0.3, 0.4) is 0 Å². The van der Waals surface area contributed by atoms with Crippen molar-refractivity contribution in [3.05, 3.63) is 23.1 Å². The van der Waals surface area contributed by atoms with E-state index in [4.69, 9.17) is 19.9 Å². The number of aromatic nitrogens is 1. The molecule has 2 aliphatic heterocycles. The van der Waals surface area contributed by atoms with Crippen LogP contribution in [0.15, 0.2) is 18.2 Å². The maximum Gasteiger partial charge on any atom is 0.263 e. The number of hydrogen-bond donors (Lipinski definition) is 2. The van der Waals surface area contributed by atoms with E-state index in [9.17, 15) is 4.79 Å². The zero-order valence-electron chi connectivity index (χ0n) is 14.6. The maximum atomic E-state index is 12.6. The molecule has 7 nitrogen and oxygen atoms in total. The molecule has 0 aliphatic carbocycles. The van der Waals surface area contributed by atoms with E-state index in [1.165, 1.54) is 11.3 Å². The number of rotatable bonds is 3. The third-order valence-electron chi connectivity index (χ3n) is 4.90. The van der Waals surface area contributed by atoms with E-state index in [1.807, 2.05) is 18.2 Å². The SMILES string of the molecule is Nc1c(C(=O)NCC2CCCO2)sc2nc3cc4c(cc3cc12)OCCO4. The van der Waals surface area contributed by atoms with E-state index in [-0.39, 0.29) is 12.0 Å². The first-order valence-corrected chi connectivity index (χ1v) is 9.83. The first-order valence-electron chi connectivity index (χ1n) is 9.01. The Balaban J connectivity index is 1.49. The van der Waals surface area contributed by atoms with E-state index in [0.29, 0.717) is 41.8 Å². The second-order valence-electron chi connectivity index (χ2n) is 6.72. The molecule has 1 atom stereocenters. The van der Waals surface area contributed by atoms with Gasteiger partial charge in [-0.3, -0.25) is 4.79 Å². The summed E-state index contributed by atoms with van der Waals surface area (Å²) in [7, 11) is 0. The quantitative estimate of drug-likeness (QED) is 0.720. The summed E-state index contributed by atoms with van der Waals surface area (Å²) < 4.78 is 16.8. The maximum absolute atomic E-state index is 12.6. The van der Waals surface area contributed by atoms with Gasteiger partial charge in [0.2, 0.25) is 0 Å². The average molecular weight is 385 g/mol. The summed E-state index contributed by atoms with van der Waals surface area (Å²) in [6.07, 6.45) is 2.11. The zero-order valence-corrected chi connectivity index (χ0v) is 15.4. The smallest absolute Gasteiger partial charge is 0.263 e. The average Bonchev–Trinajstić information content (AvgIpc) is 3.31. The molecule has 5 rings (SSSR count). The molecule has 0 saturated carbocycles. The molecule has 3 aromatic rings. The number of nitrogen functional groups attached to an aromatic ring is 1. The monoisotopic (exact) mass is 385 g/mol. The van der Waals surface area contributed by atoms with Crippen molar-refractivity contribution in [3.63, 3.8) is 0 Å². The molecule has 2 aromatic heterocycles. The molecule has 3 N–H and O–H groups in total. The molecule has 8 heteroatoms. The van der Waals surface area contributed by atoms with Crippen LogP contribution in [0, 0.1) is 0 Å². The van der Waals surface area contributed by atoms with Crippen LogP contribution < -0.4 is 20.5 Å². The van der Waals surface area contributed by atoms with Crippen molar-refractivity contribution in [2.75, 3.05) is 32.1 Å². The van der Waals surface area contributed by atoms with Gasteiger partial charge in [-0.2, -0.15) is 0 Å². The molecule has 27 heavy (non-hydrogen) atoms. The first-order chi connectivity index (χ1) is 13.2. The van der Waals surface area contributed by atoms with Crippen LogP contribution in [0.25, 0.3) is 21.1 Å². The minimum Gasteiger partial charge on any atom is -0.486 e. The van der Waals surface area contributed by atoms with Crippen molar-refractivity contribution < 1.29 is 19.0 Å². The van der Waals surface area contributed by atoms with Crippen molar-refractivity contribution in [2.24, 2.45) is 0 Å². The Morgan fingerprint density at radius 3 is 2.81 bits per heavy atom. The number of nitrogens with two attached hydrogens (primary N) is 1. The number of fused-ring (bicyclic) bond motifs is 3. The summed E-state index contributed by atoms with van der Waals surface area (Å²) in [5.74, 6) is 1.22. The second-order valence-corrected chi connectivity index (χ2v) is 7.72. The van der Waals surface area contributed by atoms with E-state index in [0.717, 1.165) is 40.6 Å². The fourth-order valence-electron chi connectivity index (χ4n) is 3.50. The Bertz CT molecular complexity index is 1040. The first kappa shape index (κ1) is 16.6. The van der Waals surface area contributed by atoms with E-state index >= 15 is 0 Å². The third-order valence-corrected chi connectivity index (χ3v) is 6.01. The predicted molar refractivity (Wildman–Crippen MR) is 104 cm³/mol. The lowest BCUT2D eigenvalue weighted by molar-refractivity contribution is 0.0862. The summed E-state index contributed by atoms with van der Waals surface area (Å²) >= 11 is 1.31. The van der Waals surface area contributed by atoms with Crippen molar-refractivity contribution in [2.45, 2.75) is 18.9 Å². The van der Waals surface area contributed by atoms with Crippen LogP contribution in [0.2, 0.25) is 0 Å². The number of benzene rings is 1. The highest BCUT2D eigenvalue weighted by molar-refractivity contribution is 7.21. The molecular formula is C19H19N3O4S. The summed E-state index contributed by atoms with van der Waals surface area (Å²) in [6, 6.07) is 5.74. The van der Waals surface area contributed by atoms with Crippen LogP contribution in [0.5, 0.6) is 11.5 Å². The van der Waals surface area contributed by atoms with Gasteiger partial charge in [-0.15, -0.1) is 11.3 Å². The number of anilines is 1. The van der Waals surface area contributed by atoms with Gasteiger partial charge in [0, 0.05) is 30.0 Å². The normalized spacial score (nSPS) is 18.9. The van der Waals surface area contributed by atoms with Crippen molar-refractivity contribution in [3.8, 4) is 11.5 Å². The van der Waals surface area contributed by atoms with Gasteiger partial charge < -0.3 is 25.3 Å². The zero-order chi connectivity index (χ0) is 18.4. The van der Waals surface area contributed by atoms with Crippen LogP contribution in [-0.2, 0) is 4.74 Å². The highest BCUT2D eigenvalue weighted by Gasteiger charge is 2.21. The number of pyridine rings is 1. The van der Waals surface area contributed by atoms with Crippen LogP contribution in [0.1, 0.15) is 22.5 Å². The summed E-state index contributed by atoms with van der Waals surface area (Å²) in [5.41, 5.74) is 7.53. The fraction of sp³-hybridized carbons (Fsp3) is 0.368. The summed E-state index contributed by atoms with van der Waals surface area (Å²) in [4.78, 5) is 18.5. The van der Waals surface area contributed by atoms with Gasteiger partial charge in [-0.25, -0.2) is 4.98 Å². The Morgan fingerprint density at radius 2 is 2.04 bits per heavy atom. The van der Waals surface area contributed by atoms with Crippen LogP contribution in [0.4, 0.5) is 5.69 Å². The van der Waals surface area contributed by atoms with Gasteiger partial charge in [0.15, 0.2) is 11.5 Å². The minimum absolute atomic E-state index is 0.0941. The van der Waals surface area contributed by atoms with Gasteiger partial charge in [0.05, 0.1) is 17.3 Å². The number of nitrogens with one attached hydrogen (secondary N) is 1. The molecule has 1 saturated heterocycles. The predicted octanol–water partition coefficient (Wildman–Crippen LogP) is 2.71. The number of carbonyl (C=O) groups is 1. The number of hydrogen-bond acceptors (Lipinski definition) is 7. The standard InChI is InChI=1S/C19H19N3O4S/c20-16-12-6-10-7-14-15(26-5-4-25-14)8-13(10)22-19(12)27-17(16)18(23)21-9-11-2-1-3-24-11/h6-8,11H,1-5,9,20H2,(H,21,23). The molecule has 0 bridgehead atoms. The Labute approximate surface area is 159 Å². The van der Waals surface area contributed by atoms with Gasteiger partial charge in [0.1, 0.15) is 22.9 Å². The largest absolute Gasteiger partial charge is 0.486 e. The Morgan fingerprint density at radius 1 is 1.22 bits per heavy atom. The van der Waals surface area contributed by atoms with E-state index in [1.54, 1.807) is 0 Å². The second kappa shape index (κ2) is 6.54. The van der Waals surface area contributed by atoms with E-state index < -0.39 is 0 Å². The number of carbonyl (C=O) groups excluding carboxylic acids is 1. The minimum atomic E-state index is -0.180. The molecule has 0 spiro atoms. The van der Waals surface area contributed by atoms with E-state index in [2.05, 4.69) is 10.3 Å². The van der Waals surface area contributed by atoms with Crippen LogP contribution >= 0.6 is 11.3 Å². The lowest BCUT2D eigenvalue weighted by Gasteiger charge is -2.18. The number of nitrogens with zero attached hydrogens (tertiary/aromatic N) is 1. The lowest BCUT2D eigenvalue weighted by Crippen LogP contribution is -2.31. The molecule has 2 aliphatic rings. The van der Waals surface area contributed by atoms with Gasteiger partial charge in [0.25, 0.3) is 5.91 Å². The highest BCUT2D eigenvalue weighted by Crippen LogP contribution is 2.38.